The Morgan fingerprint density at radius 2 is 1.00 bits per heavy atom. The van der Waals surface area contributed by atoms with Gasteiger partial charge in [-0.2, -0.15) is 20.5 Å². The highest BCUT2D eigenvalue weighted by molar-refractivity contribution is 6.35. The van der Waals surface area contributed by atoms with E-state index in [0.717, 1.165) is 25.0 Å². The van der Waals surface area contributed by atoms with E-state index in [0.29, 0.717) is 53.0 Å². The Morgan fingerprint density at radius 3 is 1.41 bits per heavy atom. The maximum absolute atomic E-state index is 13.4. The number of rotatable bonds is 21. The molecule has 354 valence electrons. The molecule has 0 aliphatic carbocycles. The Balaban J connectivity index is 1.26. The van der Waals surface area contributed by atoms with Crippen molar-refractivity contribution in [3.8, 4) is 11.5 Å². The van der Waals surface area contributed by atoms with Gasteiger partial charge in [-0.25, -0.2) is 0 Å². The number of ketones is 2. The topological polar surface area (TPSA) is 218 Å². The lowest BCUT2D eigenvalue weighted by Crippen LogP contribution is -2.32. The van der Waals surface area contributed by atoms with Crippen molar-refractivity contribution >= 4 is 127 Å². The van der Waals surface area contributed by atoms with Crippen LogP contribution in [0.5, 0.6) is 11.5 Å². The third kappa shape index (κ3) is 14.1. The number of anilines is 4. The van der Waals surface area contributed by atoms with Crippen molar-refractivity contribution in [2.24, 2.45) is 20.5 Å². The third-order valence-electron chi connectivity index (χ3n) is 9.80. The summed E-state index contributed by atoms with van der Waals surface area (Å²) in [5.74, 6) is -2.72. The van der Waals surface area contributed by atoms with Crippen LogP contribution in [-0.2, 0) is 37.9 Å². The number of alkyl halides is 3. The Labute approximate surface area is 416 Å². The average Bonchev–Trinajstić information content (AvgIpc) is 3.30. The molecule has 0 aromatic heterocycles. The van der Waals surface area contributed by atoms with Crippen molar-refractivity contribution in [1.29, 1.82) is 0 Å². The Kier molecular flexibility index (Phi) is 19.4. The summed E-state index contributed by atoms with van der Waals surface area (Å²) in [5.41, 5.74) is 3.55. The molecule has 0 spiro atoms. The molecule has 4 N–H and O–H groups in total. The molecule has 0 saturated heterocycles. The maximum Gasteiger partial charge on any atom is 0.258 e. The summed E-state index contributed by atoms with van der Waals surface area (Å²) < 4.78 is 10.8. The Hall–Kier alpha value is -6.43. The van der Waals surface area contributed by atoms with Crippen LogP contribution in [0.3, 0.4) is 0 Å². The summed E-state index contributed by atoms with van der Waals surface area (Å²) in [4.78, 5) is 78.8. The van der Waals surface area contributed by atoms with Gasteiger partial charge in [-0.15, -0.1) is 34.8 Å². The number of amides is 4. The van der Waals surface area contributed by atoms with Gasteiger partial charge in [-0.05, 0) is 122 Å². The van der Waals surface area contributed by atoms with E-state index in [-0.39, 0.29) is 49.8 Å². The smallest absolute Gasteiger partial charge is 0.258 e. The number of ether oxygens (including phenoxy) is 2. The molecule has 5 aromatic rings. The highest BCUT2D eigenvalue weighted by Crippen LogP contribution is 2.32. The van der Waals surface area contributed by atoms with Gasteiger partial charge in [0.2, 0.25) is 12.1 Å². The second-order valence-electron chi connectivity index (χ2n) is 14.6. The number of carbonyl (C=O) groups is 6. The first-order chi connectivity index (χ1) is 32.6. The van der Waals surface area contributed by atoms with Gasteiger partial charge in [0.15, 0.2) is 11.6 Å². The molecule has 5 rings (SSSR count). The van der Waals surface area contributed by atoms with Crippen LogP contribution in [0.4, 0.5) is 34.1 Å². The second-order valence-corrected chi connectivity index (χ2v) is 16.5. The van der Waals surface area contributed by atoms with Crippen molar-refractivity contribution < 1.29 is 38.2 Å². The molecular formula is C47H43Cl5N8O8. The van der Waals surface area contributed by atoms with Crippen LogP contribution in [0.15, 0.2) is 111 Å². The number of Topliss-reactive ketones (excluding diaryl/α,β-unsaturated/α-hetero) is 2. The van der Waals surface area contributed by atoms with E-state index in [9.17, 15) is 28.8 Å². The van der Waals surface area contributed by atoms with E-state index in [1.54, 1.807) is 24.3 Å². The summed E-state index contributed by atoms with van der Waals surface area (Å²) in [6.45, 7) is 2.32. The largest absolute Gasteiger partial charge is 0.495 e. The van der Waals surface area contributed by atoms with Crippen molar-refractivity contribution in [1.82, 2.24) is 0 Å². The number of halogens is 5. The normalized spacial score (nSPS) is 12.0. The predicted molar refractivity (Wildman–Crippen MR) is 265 cm³/mol. The SMILES string of the molecule is COc1ccc(CCCl)cc1NC(=O)c1cc(N=NC(C(C)=O)C(=O)Nc2ccc(NC(=O)C(N=Nc3ccc(Cl)c(C(=O)Nc4cc(CCCl)ccc4OC)c3)C(C)=O)c(CCl)c2)ccc1Cl. The summed E-state index contributed by atoms with van der Waals surface area (Å²) >= 11 is 30.8. The molecule has 4 amide bonds. The first-order valence-electron chi connectivity index (χ1n) is 20.4. The minimum absolute atomic E-state index is 0.0359. The third-order valence-corrected chi connectivity index (χ3v) is 11.1. The monoisotopic (exact) mass is 1020 g/mol. The molecule has 0 radical (unpaired) electrons. The van der Waals surface area contributed by atoms with Gasteiger partial charge < -0.3 is 30.7 Å². The zero-order valence-electron chi connectivity index (χ0n) is 36.8. The molecule has 0 saturated carbocycles. The first kappa shape index (κ1) is 52.5. The molecule has 0 aliphatic rings. The lowest BCUT2D eigenvalue weighted by molar-refractivity contribution is -0.127. The number of carbonyl (C=O) groups excluding carboxylic acids is 6. The molecule has 5 aromatic carbocycles. The van der Waals surface area contributed by atoms with E-state index >= 15 is 0 Å². The lowest BCUT2D eigenvalue weighted by atomic mass is 10.1. The summed E-state index contributed by atoms with van der Waals surface area (Å²) in [6, 6.07) is 20.1. The zero-order chi connectivity index (χ0) is 49.5. The number of benzene rings is 5. The summed E-state index contributed by atoms with van der Waals surface area (Å²) in [6.07, 6.45) is 1.13. The molecule has 0 aliphatic heterocycles. The van der Waals surface area contributed by atoms with Crippen LogP contribution in [0.1, 0.15) is 51.3 Å². The predicted octanol–water partition coefficient (Wildman–Crippen LogP) is 11.2. The van der Waals surface area contributed by atoms with E-state index in [1.165, 1.54) is 68.8 Å². The van der Waals surface area contributed by atoms with E-state index < -0.39 is 47.3 Å². The number of hydrogen-bond donors (Lipinski definition) is 4. The van der Waals surface area contributed by atoms with Gasteiger partial charge in [0.05, 0.1) is 58.1 Å². The van der Waals surface area contributed by atoms with Crippen molar-refractivity contribution in [3.05, 3.63) is 129 Å². The number of azo groups is 2. The quantitative estimate of drug-likeness (QED) is 0.0314. The molecule has 2 atom stereocenters. The Bertz CT molecular complexity index is 2790. The fourth-order valence-corrected chi connectivity index (χ4v) is 7.38. The standard InChI is InChI=1S/C47H43Cl5N8O8/c1-25(61)42(59-57-31-7-10-35(51)33(22-31)44(63)55-38-19-27(15-17-48)5-13-40(38)67-3)46(65)53-30-9-12-37(29(21-30)24-50)54-47(66)43(26(2)62)60-58-32-8-11-36(52)34(23-32)45(64)56-39-20-28(16-18-49)6-14-41(39)68-4/h5-14,19-23,42-43H,15-18,24H2,1-4H3,(H,53,65)(H,54,66)(H,55,63)(H,56,64). The van der Waals surface area contributed by atoms with Crippen molar-refractivity contribution in [2.75, 3.05) is 47.2 Å². The average molecular weight is 1030 g/mol. The van der Waals surface area contributed by atoms with Gasteiger partial charge >= 0.3 is 0 Å². The highest BCUT2D eigenvalue weighted by atomic mass is 35.5. The molecule has 68 heavy (non-hydrogen) atoms. The highest BCUT2D eigenvalue weighted by Gasteiger charge is 2.26. The number of nitrogens with zero attached hydrogens (tertiary/aromatic N) is 4. The molecular weight excluding hydrogens is 982 g/mol. The molecule has 0 fully saturated rings. The van der Waals surface area contributed by atoms with Crippen LogP contribution in [-0.4, -0.2) is 73.3 Å². The van der Waals surface area contributed by atoms with Gasteiger partial charge in [0.25, 0.3) is 23.6 Å². The number of nitrogens with one attached hydrogen (secondary N) is 4. The zero-order valence-corrected chi connectivity index (χ0v) is 40.6. The minimum Gasteiger partial charge on any atom is -0.495 e. The molecule has 21 heteroatoms. The minimum atomic E-state index is -1.62. The van der Waals surface area contributed by atoms with Crippen LogP contribution >= 0.6 is 58.0 Å². The second kappa shape index (κ2) is 25.1. The Morgan fingerprint density at radius 1 is 0.544 bits per heavy atom. The first-order valence-corrected chi connectivity index (χ1v) is 22.8. The summed E-state index contributed by atoms with van der Waals surface area (Å²) in [5, 5.41) is 27.1. The maximum atomic E-state index is 13.4. The van der Waals surface area contributed by atoms with Crippen LogP contribution in [0.2, 0.25) is 10.0 Å². The van der Waals surface area contributed by atoms with E-state index in [1.807, 2.05) is 12.1 Å². The molecule has 16 nitrogen and oxygen atoms in total. The number of aryl methyl sites for hydroxylation is 2. The summed E-state index contributed by atoms with van der Waals surface area (Å²) in [7, 11) is 2.93. The molecule has 0 heterocycles. The van der Waals surface area contributed by atoms with Crippen molar-refractivity contribution in [3.63, 3.8) is 0 Å². The number of hydrogen-bond acceptors (Lipinski definition) is 12. The van der Waals surface area contributed by atoms with Crippen LogP contribution in [0.25, 0.3) is 0 Å². The molecule has 0 bridgehead atoms. The van der Waals surface area contributed by atoms with E-state index in [2.05, 4.69) is 41.7 Å². The molecule has 2 unspecified atom stereocenters. The lowest BCUT2D eigenvalue weighted by Gasteiger charge is -2.15. The van der Waals surface area contributed by atoms with Crippen LogP contribution < -0.4 is 30.7 Å². The van der Waals surface area contributed by atoms with Crippen molar-refractivity contribution in [2.45, 2.75) is 44.7 Å². The van der Waals surface area contributed by atoms with Gasteiger partial charge in [0, 0.05) is 29.0 Å². The van der Waals surface area contributed by atoms with Gasteiger partial charge in [0.1, 0.15) is 11.5 Å². The van der Waals surface area contributed by atoms with Gasteiger partial charge in [-0.1, -0.05) is 35.3 Å². The van der Waals surface area contributed by atoms with Gasteiger partial charge in [-0.3, -0.25) is 28.8 Å². The fraction of sp³-hybridized carbons (Fsp3) is 0.234. The van der Waals surface area contributed by atoms with Crippen LogP contribution in [0, 0.1) is 0 Å². The fourth-order valence-electron chi connectivity index (χ4n) is 6.31. The number of methoxy groups -OCH3 is 2. The van der Waals surface area contributed by atoms with E-state index in [4.69, 9.17) is 67.5 Å².